The van der Waals surface area contributed by atoms with Gasteiger partial charge < -0.3 is 10.5 Å². The Hall–Kier alpha value is -1.42. The predicted molar refractivity (Wildman–Crippen MR) is 77.9 cm³/mol. The normalized spacial score (nSPS) is 15.8. The molecule has 20 heavy (non-hydrogen) atoms. The van der Waals surface area contributed by atoms with Gasteiger partial charge in [0.25, 0.3) is 0 Å². The van der Waals surface area contributed by atoms with E-state index >= 15 is 0 Å². The van der Waals surface area contributed by atoms with Crippen molar-refractivity contribution in [3.63, 3.8) is 0 Å². The fourth-order valence-corrected chi connectivity index (χ4v) is 2.49. The number of nitrogens with two attached hydrogens (primary N) is 1. The van der Waals surface area contributed by atoms with Gasteiger partial charge in [-0.1, -0.05) is 19.9 Å². The average Bonchev–Trinajstić information content (AvgIpc) is 2.33. The summed E-state index contributed by atoms with van der Waals surface area (Å²) in [4.78, 5) is 11.6. The van der Waals surface area contributed by atoms with Crippen molar-refractivity contribution < 1.29 is 13.9 Å². The first kappa shape index (κ1) is 16.6. The molecule has 112 valence electrons. The molecule has 0 fully saturated rings. The highest BCUT2D eigenvalue weighted by molar-refractivity contribution is 5.75. The Kier molecular flexibility index (Phi) is 5.69. The molecule has 3 nitrogen and oxygen atoms in total. The van der Waals surface area contributed by atoms with Crippen LogP contribution in [0.3, 0.4) is 0 Å². The van der Waals surface area contributed by atoms with E-state index in [0.717, 1.165) is 11.1 Å². The van der Waals surface area contributed by atoms with Crippen molar-refractivity contribution in [2.75, 3.05) is 0 Å². The second-order valence-corrected chi connectivity index (χ2v) is 5.70. The molecular formula is C16H24FNO2. The Morgan fingerprint density at radius 3 is 2.35 bits per heavy atom. The molecule has 0 aliphatic heterocycles. The van der Waals surface area contributed by atoms with Gasteiger partial charge in [-0.25, -0.2) is 4.39 Å². The molecule has 0 aromatic heterocycles. The maximum atomic E-state index is 13.5. The minimum atomic E-state index is -0.654. The number of carbonyl (C=O) groups is 1. The largest absolute Gasteiger partial charge is 0.461 e. The first-order valence-electron chi connectivity index (χ1n) is 6.96. The Balaban J connectivity index is 3.05. The lowest BCUT2D eigenvalue weighted by Crippen LogP contribution is -2.34. The molecule has 0 aliphatic rings. The van der Waals surface area contributed by atoms with Crippen molar-refractivity contribution in [2.24, 2.45) is 11.7 Å². The predicted octanol–water partition coefficient (Wildman–Crippen LogP) is 3.15. The lowest BCUT2D eigenvalue weighted by molar-refractivity contribution is -0.151. The van der Waals surface area contributed by atoms with Crippen LogP contribution in [0, 0.1) is 18.7 Å². The van der Waals surface area contributed by atoms with Gasteiger partial charge in [0, 0.05) is 5.92 Å². The topological polar surface area (TPSA) is 52.3 Å². The summed E-state index contributed by atoms with van der Waals surface area (Å²) >= 11 is 0. The summed E-state index contributed by atoms with van der Waals surface area (Å²) in [7, 11) is 0. The van der Waals surface area contributed by atoms with Crippen molar-refractivity contribution in [3.8, 4) is 0 Å². The smallest absolute Gasteiger partial charge is 0.322 e. The summed E-state index contributed by atoms with van der Waals surface area (Å²) in [5, 5.41) is 0. The third kappa shape index (κ3) is 4.04. The molecule has 0 saturated carbocycles. The van der Waals surface area contributed by atoms with Gasteiger partial charge in [-0.05, 0) is 49.9 Å². The van der Waals surface area contributed by atoms with Crippen molar-refractivity contribution in [1.29, 1.82) is 0 Å². The molecule has 1 aromatic carbocycles. The first-order valence-corrected chi connectivity index (χ1v) is 6.96. The molecule has 0 saturated heterocycles. The molecule has 2 N–H and O–H groups in total. The quantitative estimate of drug-likeness (QED) is 0.843. The highest BCUT2D eigenvalue weighted by atomic mass is 19.1. The molecular weight excluding hydrogens is 257 g/mol. The van der Waals surface area contributed by atoms with Gasteiger partial charge in [0.1, 0.15) is 18.0 Å². The maximum Gasteiger partial charge on any atom is 0.322 e. The standard InChI is InChI=1S/C16H24FNO2/c1-9(2)15(12(5)20-16(19)11(4)18)14-8-13(17)7-6-10(14)3/h6-9,11-12,15H,18H2,1-5H3/t11-,12-,15+/m0/s1. The van der Waals surface area contributed by atoms with E-state index in [2.05, 4.69) is 0 Å². The number of hydrogen-bond donors (Lipinski definition) is 1. The molecule has 0 unspecified atom stereocenters. The number of halogens is 1. The Morgan fingerprint density at radius 1 is 1.25 bits per heavy atom. The number of carbonyl (C=O) groups excluding carboxylic acids is 1. The van der Waals surface area contributed by atoms with Crippen LogP contribution in [0.25, 0.3) is 0 Å². The highest BCUT2D eigenvalue weighted by Crippen LogP contribution is 2.32. The monoisotopic (exact) mass is 281 g/mol. The molecule has 3 atom stereocenters. The molecule has 0 radical (unpaired) electrons. The van der Waals surface area contributed by atoms with Crippen LogP contribution in [-0.2, 0) is 9.53 Å². The van der Waals surface area contributed by atoms with E-state index in [4.69, 9.17) is 10.5 Å². The molecule has 0 amide bonds. The minimum absolute atomic E-state index is 0.0617. The van der Waals surface area contributed by atoms with E-state index in [-0.39, 0.29) is 23.8 Å². The van der Waals surface area contributed by atoms with Crippen LogP contribution in [0.5, 0.6) is 0 Å². The number of esters is 1. The minimum Gasteiger partial charge on any atom is -0.461 e. The van der Waals surface area contributed by atoms with E-state index in [1.165, 1.54) is 12.1 Å². The Labute approximate surface area is 120 Å². The van der Waals surface area contributed by atoms with Crippen LogP contribution >= 0.6 is 0 Å². The fourth-order valence-electron chi connectivity index (χ4n) is 2.49. The lowest BCUT2D eigenvalue weighted by atomic mass is 9.82. The molecule has 1 rings (SSSR count). The van der Waals surface area contributed by atoms with Crippen LogP contribution in [0.2, 0.25) is 0 Å². The summed E-state index contributed by atoms with van der Waals surface area (Å²) in [6.45, 7) is 9.42. The maximum absolute atomic E-state index is 13.5. The summed E-state index contributed by atoms with van der Waals surface area (Å²) in [5.74, 6) is -0.557. The molecule has 0 aliphatic carbocycles. The molecule has 1 aromatic rings. The van der Waals surface area contributed by atoms with Gasteiger partial charge in [-0.3, -0.25) is 4.79 Å². The van der Waals surface area contributed by atoms with Crippen LogP contribution in [0.15, 0.2) is 18.2 Å². The van der Waals surface area contributed by atoms with E-state index in [1.54, 1.807) is 13.0 Å². The van der Waals surface area contributed by atoms with Crippen molar-refractivity contribution in [2.45, 2.75) is 52.7 Å². The van der Waals surface area contributed by atoms with Gasteiger partial charge >= 0.3 is 5.97 Å². The first-order chi connectivity index (χ1) is 9.23. The zero-order valence-electron chi connectivity index (χ0n) is 12.8. The summed E-state index contributed by atoms with van der Waals surface area (Å²) in [6, 6.07) is 4.06. The van der Waals surface area contributed by atoms with E-state index in [9.17, 15) is 9.18 Å². The fraction of sp³-hybridized carbons (Fsp3) is 0.562. The van der Waals surface area contributed by atoms with Gasteiger partial charge in [0.05, 0.1) is 0 Å². The van der Waals surface area contributed by atoms with Crippen molar-refractivity contribution >= 4 is 5.97 Å². The van der Waals surface area contributed by atoms with Crippen LogP contribution in [0.4, 0.5) is 4.39 Å². The van der Waals surface area contributed by atoms with Crippen LogP contribution in [0.1, 0.15) is 44.7 Å². The lowest BCUT2D eigenvalue weighted by Gasteiger charge is -2.29. The van der Waals surface area contributed by atoms with Gasteiger partial charge in [-0.2, -0.15) is 0 Å². The molecule has 0 bridgehead atoms. The Morgan fingerprint density at radius 2 is 1.85 bits per heavy atom. The van der Waals surface area contributed by atoms with E-state index in [1.807, 2.05) is 27.7 Å². The highest BCUT2D eigenvalue weighted by Gasteiger charge is 2.28. The van der Waals surface area contributed by atoms with Crippen LogP contribution in [-0.4, -0.2) is 18.1 Å². The summed E-state index contributed by atoms with van der Waals surface area (Å²) in [6.07, 6.45) is -0.353. The number of rotatable bonds is 5. The van der Waals surface area contributed by atoms with E-state index < -0.39 is 12.0 Å². The summed E-state index contributed by atoms with van der Waals surface area (Å²) in [5.41, 5.74) is 7.39. The van der Waals surface area contributed by atoms with Crippen LogP contribution < -0.4 is 5.73 Å². The van der Waals surface area contributed by atoms with Crippen molar-refractivity contribution in [3.05, 3.63) is 35.1 Å². The molecule has 0 heterocycles. The summed E-state index contributed by atoms with van der Waals surface area (Å²) < 4.78 is 18.9. The number of aryl methyl sites for hydroxylation is 1. The third-order valence-electron chi connectivity index (χ3n) is 3.50. The zero-order valence-corrected chi connectivity index (χ0v) is 12.8. The average molecular weight is 281 g/mol. The SMILES string of the molecule is Cc1ccc(F)cc1[C@H](C(C)C)[C@H](C)OC(=O)[C@H](C)N. The van der Waals surface area contributed by atoms with Gasteiger partial charge in [-0.15, -0.1) is 0 Å². The van der Waals surface area contributed by atoms with E-state index in [0.29, 0.717) is 0 Å². The van der Waals surface area contributed by atoms with Gasteiger partial charge in [0.15, 0.2) is 0 Å². The number of ether oxygens (including phenoxy) is 1. The molecule has 4 heteroatoms. The third-order valence-corrected chi connectivity index (χ3v) is 3.50. The van der Waals surface area contributed by atoms with Crippen molar-refractivity contribution in [1.82, 2.24) is 0 Å². The van der Waals surface area contributed by atoms with Gasteiger partial charge in [0.2, 0.25) is 0 Å². The number of benzene rings is 1. The zero-order chi connectivity index (χ0) is 15.4. The second kappa shape index (κ2) is 6.84. The second-order valence-electron chi connectivity index (χ2n) is 5.70. The Bertz CT molecular complexity index is 472. The number of hydrogen-bond acceptors (Lipinski definition) is 3. The molecule has 0 spiro atoms.